The minimum absolute atomic E-state index is 0.0711. The van der Waals surface area contributed by atoms with Crippen molar-refractivity contribution >= 4 is 5.71 Å². The Labute approximate surface area is 85.5 Å². The van der Waals surface area contributed by atoms with Gasteiger partial charge in [-0.25, -0.2) is 0 Å². The zero-order valence-corrected chi connectivity index (χ0v) is 8.71. The lowest BCUT2D eigenvalue weighted by Gasteiger charge is -2.21. The number of hydrogen-bond donors (Lipinski definition) is 0. The molecule has 3 heteroatoms. The molecule has 2 fully saturated rings. The van der Waals surface area contributed by atoms with Gasteiger partial charge in [0.25, 0.3) is 0 Å². The molecule has 0 aromatic rings. The molecule has 2 rings (SSSR count). The quantitative estimate of drug-likeness (QED) is 0.637. The van der Waals surface area contributed by atoms with Crippen molar-refractivity contribution in [3.63, 3.8) is 0 Å². The second kappa shape index (κ2) is 5.35. The van der Waals surface area contributed by atoms with Crippen molar-refractivity contribution in [1.29, 1.82) is 0 Å². The number of rotatable bonds is 2. The SMILES string of the molecule is C1CCC(=NOC2CCCCO2)CC1. The van der Waals surface area contributed by atoms with E-state index in [1.54, 1.807) is 0 Å². The van der Waals surface area contributed by atoms with Crippen LogP contribution in [0.4, 0.5) is 0 Å². The Kier molecular flexibility index (Phi) is 3.80. The van der Waals surface area contributed by atoms with E-state index in [0.29, 0.717) is 0 Å². The number of hydrogen-bond acceptors (Lipinski definition) is 3. The average Bonchev–Trinajstić information content (AvgIpc) is 2.29. The van der Waals surface area contributed by atoms with Crippen LogP contribution >= 0.6 is 0 Å². The molecule has 0 radical (unpaired) electrons. The molecule has 1 atom stereocenters. The van der Waals surface area contributed by atoms with E-state index in [1.165, 1.54) is 31.4 Å². The molecule has 0 amide bonds. The molecule has 0 bridgehead atoms. The monoisotopic (exact) mass is 197 g/mol. The molecule has 1 unspecified atom stereocenters. The van der Waals surface area contributed by atoms with Crippen molar-refractivity contribution in [2.24, 2.45) is 5.16 Å². The van der Waals surface area contributed by atoms with Crippen molar-refractivity contribution in [3.05, 3.63) is 0 Å². The molecule has 0 N–H and O–H groups in total. The Hall–Kier alpha value is -0.570. The number of ether oxygens (including phenoxy) is 1. The van der Waals surface area contributed by atoms with Crippen LogP contribution in [0.2, 0.25) is 0 Å². The average molecular weight is 197 g/mol. The summed E-state index contributed by atoms with van der Waals surface area (Å²) in [5.74, 6) is 0. The first-order chi connectivity index (χ1) is 6.95. The van der Waals surface area contributed by atoms with Crippen LogP contribution in [-0.4, -0.2) is 18.6 Å². The summed E-state index contributed by atoms with van der Waals surface area (Å²) in [6.45, 7) is 0.829. The highest BCUT2D eigenvalue weighted by Gasteiger charge is 2.15. The van der Waals surface area contributed by atoms with E-state index in [4.69, 9.17) is 9.57 Å². The molecular weight excluding hydrogens is 178 g/mol. The second-order valence-electron chi connectivity index (χ2n) is 4.12. The van der Waals surface area contributed by atoms with Crippen molar-refractivity contribution in [2.75, 3.05) is 6.61 Å². The van der Waals surface area contributed by atoms with Crippen LogP contribution < -0.4 is 0 Å². The molecule has 1 aliphatic carbocycles. The third-order valence-electron chi connectivity index (χ3n) is 2.87. The van der Waals surface area contributed by atoms with Crippen LogP contribution in [0.5, 0.6) is 0 Å². The highest BCUT2D eigenvalue weighted by molar-refractivity contribution is 5.84. The van der Waals surface area contributed by atoms with Gasteiger partial charge < -0.3 is 9.57 Å². The Morgan fingerprint density at radius 2 is 1.93 bits per heavy atom. The molecule has 1 aliphatic heterocycles. The van der Waals surface area contributed by atoms with Gasteiger partial charge in [-0.2, -0.15) is 0 Å². The predicted octanol–water partition coefficient (Wildman–Crippen LogP) is 2.85. The zero-order chi connectivity index (χ0) is 9.64. The van der Waals surface area contributed by atoms with Crippen LogP contribution in [0.25, 0.3) is 0 Å². The van der Waals surface area contributed by atoms with Gasteiger partial charge >= 0.3 is 0 Å². The summed E-state index contributed by atoms with van der Waals surface area (Å²) in [5.41, 5.74) is 1.23. The van der Waals surface area contributed by atoms with Crippen molar-refractivity contribution in [3.8, 4) is 0 Å². The van der Waals surface area contributed by atoms with Crippen LogP contribution in [0.1, 0.15) is 51.4 Å². The van der Waals surface area contributed by atoms with Gasteiger partial charge in [-0.1, -0.05) is 11.6 Å². The maximum Gasteiger partial charge on any atom is 0.226 e. The maximum absolute atomic E-state index is 5.44. The summed E-state index contributed by atoms with van der Waals surface area (Å²) < 4.78 is 5.44. The minimum atomic E-state index is -0.0711. The summed E-state index contributed by atoms with van der Waals surface area (Å²) in [4.78, 5) is 5.39. The van der Waals surface area contributed by atoms with E-state index in [2.05, 4.69) is 5.16 Å². The summed E-state index contributed by atoms with van der Waals surface area (Å²) in [6, 6.07) is 0. The molecule has 14 heavy (non-hydrogen) atoms. The largest absolute Gasteiger partial charge is 0.364 e. The van der Waals surface area contributed by atoms with Crippen molar-refractivity contribution in [2.45, 2.75) is 57.7 Å². The summed E-state index contributed by atoms with van der Waals surface area (Å²) in [7, 11) is 0. The van der Waals surface area contributed by atoms with E-state index in [1.807, 2.05) is 0 Å². The summed E-state index contributed by atoms with van der Waals surface area (Å²) in [6.07, 6.45) is 9.42. The molecular formula is C11H19NO2. The van der Waals surface area contributed by atoms with E-state index >= 15 is 0 Å². The molecule has 1 saturated carbocycles. The molecule has 1 saturated heterocycles. The highest BCUT2D eigenvalue weighted by atomic mass is 16.8. The van der Waals surface area contributed by atoms with Gasteiger partial charge in [0.15, 0.2) is 0 Å². The molecule has 0 aromatic carbocycles. The van der Waals surface area contributed by atoms with Crippen LogP contribution in [-0.2, 0) is 9.57 Å². The Balaban J connectivity index is 1.73. The highest BCUT2D eigenvalue weighted by Crippen LogP contribution is 2.17. The van der Waals surface area contributed by atoms with Gasteiger partial charge in [0, 0.05) is 6.42 Å². The van der Waals surface area contributed by atoms with E-state index in [-0.39, 0.29) is 6.29 Å². The number of nitrogens with zero attached hydrogens (tertiary/aromatic N) is 1. The van der Waals surface area contributed by atoms with Crippen molar-refractivity contribution in [1.82, 2.24) is 0 Å². The third kappa shape index (κ3) is 2.98. The molecule has 80 valence electrons. The Bertz CT molecular complexity index is 189. The third-order valence-corrected chi connectivity index (χ3v) is 2.87. The smallest absolute Gasteiger partial charge is 0.226 e. The molecule has 0 spiro atoms. The van der Waals surface area contributed by atoms with Gasteiger partial charge in [-0.15, -0.1) is 0 Å². The van der Waals surface area contributed by atoms with Crippen molar-refractivity contribution < 1.29 is 9.57 Å². The van der Waals surface area contributed by atoms with Gasteiger partial charge in [-0.05, 0) is 38.5 Å². The lowest BCUT2D eigenvalue weighted by molar-refractivity contribution is -0.162. The molecule has 0 aromatic heterocycles. The fourth-order valence-corrected chi connectivity index (χ4v) is 1.98. The number of oxime groups is 1. The van der Waals surface area contributed by atoms with Gasteiger partial charge in [0.1, 0.15) is 0 Å². The fraction of sp³-hybridized carbons (Fsp3) is 0.909. The normalized spacial score (nSPS) is 28.6. The second-order valence-corrected chi connectivity index (χ2v) is 4.12. The zero-order valence-electron chi connectivity index (χ0n) is 8.71. The topological polar surface area (TPSA) is 30.8 Å². The lowest BCUT2D eigenvalue weighted by Crippen LogP contribution is -2.21. The van der Waals surface area contributed by atoms with E-state index in [0.717, 1.165) is 32.3 Å². The molecule has 2 aliphatic rings. The maximum atomic E-state index is 5.44. The predicted molar refractivity (Wildman–Crippen MR) is 55.2 cm³/mol. The minimum Gasteiger partial charge on any atom is -0.364 e. The lowest BCUT2D eigenvalue weighted by atomic mass is 9.99. The Morgan fingerprint density at radius 3 is 2.64 bits per heavy atom. The summed E-state index contributed by atoms with van der Waals surface area (Å²) in [5, 5.41) is 4.20. The van der Waals surface area contributed by atoms with E-state index in [9.17, 15) is 0 Å². The molecule has 1 heterocycles. The standard InChI is InChI=1S/C11H19NO2/c1-2-6-10(7-3-1)12-14-11-8-4-5-9-13-11/h11H,1-9H2. The first kappa shape index (κ1) is 9.97. The van der Waals surface area contributed by atoms with Crippen LogP contribution in [0.3, 0.4) is 0 Å². The first-order valence-electron chi connectivity index (χ1n) is 5.78. The van der Waals surface area contributed by atoms with Crippen LogP contribution in [0, 0.1) is 0 Å². The van der Waals surface area contributed by atoms with E-state index < -0.39 is 0 Å². The Morgan fingerprint density at radius 1 is 1.07 bits per heavy atom. The van der Waals surface area contributed by atoms with Gasteiger partial charge in [-0.3, -0.25) is 0 Å². The summed E-state index contributed by atoms with van der Waals surface area (Å²) >= 11 is 0. The first-order valence-corrected chi connectivity index (χ1v) is 5.78. The van der Waals surface area contributed by atoms with Gasteiger partial charge in [0.2, 0.25) is 6.29 Å². The fourth-order valence-electron chi connectivity index (χ4n) is 1.98. The van der Waals surface area contributed by atoms with Gasteiger partial charge in [0.05, 0.1) is 12.3 Å². The van der Waals surface area contributed by atoms with Crippen LogP contribution in [0.15, 0.2) is 5.16 Å². The molecule has 3 nitrogen and oxygen atoms in total.